The molecule has 49 heavy (non-hydrogen) atoms. The zero-order chi connectivity index (χ0) is 36.1. The fraction of sp³-hybridized carbons (Fsp3) is 0.553. The lowest BCUT2D eigenvalue weighted by Crippen LogP contribution is -2.49. The Hall–Kier alpha value is -3.54. The smallest absolute Gasteiger partial charge is 0.407 e. The first kappa shape index (κ1) is 36.7. The minimum absolute atomic E-state index is 0.0651. The van der Waals surface area contributed by atoms with Crippen LogP contribution in [0.15, 0.2) is 41.3 Å². The van der Waals surface area contributed by atoms with Crippen molar-refractivity contribution < 1.29 is 23.5 Å². The van der Waals surface area contributed by atoms with Crippen molar-refractivity contribution in [1.82, 2.24) is 19.7 Å². The van der Waals surface area contributed by atoms with Crippen molar-refractivity contribution in [2.75, 3.05) is 32.8 Å². The minimum Gasteiger partial charge on any atom is -0.465 e. The zero-order valence-corrected chi connectivity index (χ0v) is 31.6. The van der Waals surface area contributed by atoms with Gasteiger partial charge in [0.05, 0.1) is 0 Å². The van der Waals surface area contributed by atoms with Crippen molar-refractivity contribution in [1.29, 1.82) is 0 Å². The van der Waals surface area contributed by atoms with Crippen LogP contribution in [-0.4, -0.2) is 78.6 Å². The Morgan fingerprint density at radius 3 is 2.29 bits per heavy atom. The molecule has 2 amide bonds. The van der Waals surface area contributed by atoms with E-state index in [4.69, 9.17) is 4.43 Å². The van der Waals surface area contributed by atoms with Crippen LogP contribution in [0.3, 0.4) is 0 Å². The molecular weight excluding hydrogens is 640 g/mol. The van der Waals surface area contributed by atoms with Crippen LogP contribution in [0.4, 0.5) is 9.18 Å². The van der Waals surface area contributed by atoms with E-state index >= 15 is 4.39 Å². The molecule has 1 unspecified atom stereocenters. The summed E-state index contributed by atoms with van der Waals surface area (Å²) in [5.74, 6) is -0.748. The van der Waals surface area contributed by atoms with Crippen LogP contribution < -0.4 is 10.9 Å². The zero-order valence-electron chi connectivity index (χ0n) is 30.6. The molecule has 9 nitrogen and oxygen atoms in total. The van der Waals surface area contributed by atoms with Gasteiger partial charge in [0, 0.05) is 74.0 Å². The predicted molar refractivity (Wildman–Crippen MR) is 195 cm³/mol. The van der Waals surface area contributed by atoms with E-state index in [1.165, 1.54) is 11.0 Å². The Morgan fingerprint density at radius 1 is 1.04 bits per heavy atom. The van der Waals surface area contributed by atoms with E-state index in [-0.39, 0.29) is 39.6 Å². The molecule has 2 heterocycles. The largest absolute Gasteiger partial charge is 0.465 e. The third-order valence-corrected chi connectivity index (χ3v) is 15.2. The lowest BCUT2D eigenvalue weighted by molar-refractivity contribution is 0.0888. The van der Waals surface area contributed by atoms with Crippen molar-refractivity contribution >= 4 is 31.1 Å². The van der Waals surface area contributed by atoms with Crippen molar-refractivity contribution in [3.63, 3.8) is 0 Å². The fourth-order valence-electron chi connectivity index (χ4n) is 6.24. The van der Waals surface area contributed by atoms with E-state index in [9.17, 15) is 19.5 Å². The number of carbonyl (C=O) groups excluding carboxylic acids is 1. The average Bonchev–Trinajstić information content (AvgIpc) is 3.85. The number of aromatic nitrogens is 1. The number of hydrogen-bond donors (Lipinski definition) is 2. The summed E-state index contributed by atoms with van der Waals surface area (Å²) < 4.78 is 23.7. The highest BCUT2D eigenvalue weighted by Gasteiger charge is 2.39. The van der Waals surface area contributed by atoms with Gasteiger partial charge in [0.2, 0.25) is 0 Å². The lowest BCUT2D eigenvalue weighted by Gasteiger charge is -2.39. The SMILES string of the molecule is Cc1c(F)cc(C(=O)NC2CC2)cc1-c1ccc2c(=O)n(CC(C)(C)CO[Si](C)(C)C(C)(C)C)cc(C(C)N3CCN(C(=O)O)CC3)c2c1. The van der Waals surface area contributed by atoms with Gasteiger partial charge in [-0.2, -0.15) is 0 Å². The van der Waals surface area contributed by atoms with Crippen LogP contribution in [0, 0.1) is 18.2 Å². The van der Waals surface area contributed by atoms with Crippen LogP contribution in [-0.2, 0) is 11.0 Å². The highest BCUT2D eigenvalue weighted by Crippen LogP contribution is 2.38. The second kappa shape index (κ2) is 13.6. The van der Waals surface area contributed by atoms with Crippen LogP contribution in [0.2, 0.25) is 18.1 Å². The summed E-state index contributed by atoms with van der Waals surface area (Å²) in [5.41, 5.74) is 2.50. The summed E-state index contributed by atoms with van der Waals surface area (Å²) in [6, 6.07) is 8.62. The van der Waals surface area contributed by atoms with Gasteiger partial charge in [0.25, 0.3) is 11.5 Å². The van der Waals surface area contributed by atoms with Crippen molar-refractivity contribution in [3.05, 3.63) is 69.4 Å². The Balaban J connectivity index is 1.57. The van der Waals surface area contributed by atoms with Gasteiger partial charge in [-0.1, -0.05) is 40.7 Å². The number of carboxylic acid groups (broad SMARTS) is 1. The minimum atomic E-state index is -2.01. The molecule has 5 rings (SSSR count). The third kappa shape index (κ3) is 8.10. The van der Waals surface area contributed by atoms with Gasteiger partial charge >= 0.3 is 6.09 Å². The molecule has 2 fully saturated rings. The molecular formula is C38H53FN4O5Si. The first-order chi connectivity index (χ1) is 22.8. The maximum atomic E-state index is 15.3. The molecule has 266 valence electrons. The maximum absolute atomic E-state index is 15.3. The highest BCUT2D eigenvalue weighted by molar-refractivity contribution is 6.74. The number of amides is 2. The van der Waals surface area contributed by atoms with Crippen LogP contribution in [0.5, 0.6) is 0 Å². The van der Waals surface area contributed by atoms with E-state index in [1.54, 1.807) is 17.6 Å². The Kier molecular flexibility index (Phi) is 10.2. The number of fused-ring (bicyclic) bond motifs is 1. The molecule has 2 aliphatic rings. The second-order valence-corrected chi connectivity index (χ2v) is 21.2. The highest BCUT2D eigenvalue weighted by atomic mass is 28.4. The number of hydrogen-bond acceptors (Lipinski definition) is 5. The van der Waals surface area contributed by atoms with Crippen molar-refractivity contribution in [2.45, 2.75) is 98.1 Å². The van der Waals surface area contributed by atoms with Crippen molar-refractivity contribution in [3.8, 4) is 11.1 Å². The number of nitrogens with one attached hydrogen (secondary N) is 1. The molecule has 1 saturated heterocycles. The average molecular weight is 693 g/mol. The normalized spacial score (nSPS) is 17.0. The van der Waals surface area contributed by atoms with Gasteiger partial charge < -0.3 is 24.3 Å². The van der Waals surface area contributed by atoms with E-state index in [0.29, 0.717) is 55.8 Å². The first-order valence-electron chi connectivity index (χ1n) is 17.4. The molecule has 1 aliphatic carbocycles. The van der Waals surface area contributed by atoms with Crippen LogP contribution >= 0.6 is 0 Å². The lowest BCUT2D eigenvalue weighted by atomic mass is 9.92. The summed E-state index contributed by atoms with van der Waals surface area (Å²) in [6.07, 6.45) is 2.89. The second-order valence-electron chi connectivity index (χ2n) is 16.4. The number of pyridine rings is 1. The Labute approximate surface area is 290 Å². The van der Waals surface area contributed by atoms with Gasteiger partial charge in [-0.05, 0) is 96.7 Å². The molecule has 3 aromatic rings. The van der Waals surface area contributed by atoms with Gasteiger partial charge in [0.1, 0.15) is 5.82 Å². The Bertz CT molecular complexity index is 1800. The molecule has 0 spiro atoms. The van der Waals surface area contributed by atoms with E-state index < -0.39 is 20.2 Å². The topological polar surface area (TPSA) is 104 Å². The van der Waals surface area contributed by atoms with E-state index in [0.717, 1.165) is 29.4 Å². The Morgan fingerprint density at radius 2 is 1.69 bits per heavy atom. The molecule has 2 aromatic carbocycles. The van der Waals surface area contributed by atoms with Crippen LogP contribution in [0.25, 0.3) is 21.9 Å². The fourth-order valence-corrected chi connectivity index (χ4v) is 7.43. The number of carbonyl (C=O) groups is 2. The maximum Gasteiger partial charge on any atom is 0.407 e. The number of nitrogens with zero attached hydrogens (tertiary/aromatic N) is 3. The van der Waals surface area contributed by atoms with Gasteiger partial charge in [0.15, 0.2) is 8.32 Å². The summed E-state index contributed by atoms with van der Waals surface area (Å²) >= 11 is 0. The molecule has 0 bridgehead atoms. The molecule has 1 aromatic heterocycles. The third-order valence-electron chi connectivity index (χ3n) is 10.8. The van der Waals surface area contributed by atoms with E-state index in [2.05, 4.69) is 64.9 Å². The number of rotatable bonds is 10. The van der Waals surface area contributed by atoms with Gasteiger partial charge in [-0.25, -0.2) is 9.18 Å². The number of benzene rings is 2. The summed E-state index contributed by atoms with van der Waals surface area (Å²) in [5, 5.41) is 13.9. The van der Waals surface area contributed by atoms with Crippen molar-refractivity contribution in [2.24, 2.45) is 5.41 Å². The summed E-state index contributed by atoms with van der Waals surface area (Å²) in [6.45, 7) is 22.0. The summed E-state index contributed by atoms with van der Waals surface area (Å²) in [4.78, 5) is 42.4. The number of piperazine rings is 1. The summed E-state index contributed by atoms with van der Waals surface area (Å²) in [7, 11) is -2.01. The van der Waals surface area contributed by atoms with Crippen LogP contribution in [0.1, 0.15) is 81.9 Å². The molecule has 2 N–H and O–H groups in total. The van der Waals surface area contributed by atoms with Gasteiger partial charge in [-0.3, -0.25) is 14.5 Å². The predicted octanol–water partition coefficient (Wildman–Crippen LogP) is 7.41. The molecule has 1 atom stereocenters. The standard InChI is InChI=1S/C38H53FN4O5Si/c1-24-30(19-27(20-33(24)39)34(44)40-28-11-12-28)26-10-13-29-31(18-26)32(25(2)41-14-16-42(17-15-41)36(46)47)21-43(35(29)45)22-38(6,7)23-48-49(8,9)37(3,4)5/h10,13,18-21,25,28H,11-12,14-17,22-23H2,1-9H3,(H,40,44)(H,46,47). The first-order valence-corrected chi connectivity index (χ1v) is 20.3. The monoisotopic (exact) mass is 692 g/mol. The molecule has 0 radical (unpaired) electrons. The van der Waals surface area contributed by atoms with Gasteiger partial charge in [-0.15, -0.1) is 0 Å². The molecule has 1 aliphatic heterocycles. The van der Waals surface area contributed by atoms with E-state index in [1.807, 2.05) is 24.4 Å². The molecule has 11 heteroatoms. The number of halogens is 1. The quantitative estimate of drug-likeness (QED) is 0.215. The molecule has 1 saturated carbocycles.